The molecule has 2 rings (SSSR count). The van der Waals surface area contributed by atoms with Crippen molar-refractivity contribution in [3.05, 3.63) is 40.6 Å². The van der Waals surface area contributed by atoms with Gasteiger partial charge in [-0.2, -0.15) is 0 Å². The number of rotatable bonds is 4. The van der Waals surface area contributed by atoms with Gasteiger partial charge in [0.05, 0.1) is 17.0 Å². The molecule has 6 nitrogen and oxygen atoms in total. The number of esters is 1. The first-order valence-corrected chi connectivity index (χ1v) is 5.50. The van der Waals surface area contributed by atoms with Gasteiger partial charge in [0.1, 0.15) is 6.54 Å². The summed E-state index contributed by atoms with van der Waals surface area (Å²) in [7, 11) is 0. The van der Waals surface area contributed by atoms with E-state index >= 15 is 0 Å². The Hall–Kier alpha value is -2.37. The number of ether oxygens (including phenoxy) is 1. The van der Waals surface area contributed by atoms with E-state index in [1.54, 1.807) is 29.8 Å². The number of carbonyl (C=O) groups is 1. The lowest BCUT2D eigenvalue weighted by Gasteiger charge is -2.04. The van der Waals surface area contributed by atoms with Crippen molar-refractivity contribution < 1.29 is 14.5 Å². The first-order valence-electron chi connectivity index (χ1n) is 5.50. The molecule has 1 heterocycles. The Morgan fingerprint density at radius 1 is 1.44 bits per heavy atom. The zero-order valence-electron chi connectivity index (χ0n) is 9.83. The van der Waals surface area contributed by atoms with Gasteiger partial charge in [-0.05, 0) is 19.1 Å². The maximum atomic E-state index is 11.4. The highest BCUT2D eigenvalue weighted by Crippen LogP contribution is 2.21. The van der Waals surface area contributed by atoms with E-state index in [0.29, 0.717) is 12.1 Å². The average molecular weight is 248 g/mol. The summed E-state index contributed by atoms with van der Waals surface area (Å²) in [5.41, 5.74) is 0.656. The molecule has 0 spiro atoms. The molecule has 1 aromatic carbocycles. The second-order valence-electron chi connectivity index (χ2n) is 3.75. The largest absolute Gasteiger partial charge is 0.465 e. The van der Waals surface area contributed by atoms with Crippen LogP contribution in [0.3, 0.4) is 0 Å². The highest BCUT2D eigenvalue weighted by molar-refractivity contribution is 5.84. The van der Waals surface area contributed by atoms with E-state index < -0.39 is 4.92 Å². The lowest BCUT2D eigenvalue weighted by atomic mass is 10.2. The Balaban J connectivity index is 2.36. The van der Waals surface area contributed by atoms with E-state index in [-0.39, 0.29) is 18.2 Å². The minimum atomic E-state index is -0.457. The molecular weight excluding hydrogens is 236 g/mol. The highest BCUT2D eigenvalue weighted by Gasteiger charge is 2.11. The molecule has 0 amide bonds. The number of aromatic nitrogens is 1. The van der Waals surface area contributed by atoms with Crippen molar-refractivity contribution in [3.63, 3.8) is 0 Å². The summed E-state index contributed by atoms with van der Waals surface area (Å²) in [4.78, 5) is 21.6. The van der Waals surface area contributed by atoms with Crippen molar-refractivity contribution in [1.29, 1.82) is 0 Å². The molecule has 0 saturated heterocycles. The second kappa shape index (κ2) is 4.87. The van der Waals surface area contributed by atoms with E-state index in [2.05, 4.69) is 0 Å². The van der Waals surface area contributed by atoms with Crippen LogP contribution in [0.1, 0.15) is 6.92 Å². The number of fused-ring (bicyclic) bond motifs is 1. The van der Waals surface area contributed by atoms with E-state index in [0.717, 1.165) is 5.39 Å². The molecule has 0 N–H and O–H groups in total. The smallest absolute Gasteiger partial charge is 0.325 e. The predicted molar refractivity (Wildman–Crippen MR) is 65.2 cm³/mol. The van der Waals surface area contributed by atoms with Crippen LogP contribution in [0.5, 0.6) is 0 Å². The van der Waals surface area contributed by atoms with Gasteiger partial charge in [-0.15, -0.1) is 0 Å². The van der Waals surface area contributed by atoms with Crippen LogP contribution >= 0.6 is 0 Å². The van der Waals surface area contributed by atoms with E-state index in [4.69, 9.17) is 4.74 Å². The predicted octanol–water partition coefficient (Wildman–Crippen LogP) is 2.11. The number of nitrogens with zero attached hydrogens (tertiary/aromatic N) is 2. The third kappa shape index (κ3) is 2.32. The lowest BCUT2D eigenvalue weighted by molar-refractivity contribution is -0.384. The van der Waals surface area contributed by atoms with Crippen molar-refractivity contribution in [2.75, 3.05) is 6.61 Å². The molecular formula is C12H12N2O4. The summed E-state index contributed by atoms with van der Waals surface area (Å²) in [6, 6.07) is 6.36. The first-order chi connectivity index (χ1) is 8.61. The third-order valence-electron chi connectivity index (χ3n) is 2.57. The van der Waals surface area contributed by atoms with Crippen LogP contribution in [0.15, 0.2) is 30.5 Å². The molecule has 2 aromatic rings. The highest BCUT2D eigenvalue weighted by atomic mass is 16.6. The second-order valence-corrected chi connectivity index (χ2v) is 3.75. The number of hydrogen-bond donors (Lipinski definition) is 0. The molecule has 0 atom stereocenters. The van der Waals surface area contributed by atoms with Crippen molar-refractivity contribution >= 4 is 22.6 Å². The van der Waals surface area contributed by atoms with E-state index in [1.165, 1.54) is 12.1 Å². The molecule has 0 bridgehead atoms. The van der Waals surface area contributed by atoms with Gasteiger partial charge in [-0.3, -0.25) is 14.9 Å². The van der Waals surface area contributed by atoms with Gasteiger partial charge in [0, 0.05) is 23.7 Å². The van der Waals surface area contributed by atoms with Gasteiger partial charge in [-0.25, -0.2) is 0 Å². The summed E-state index contributed by atoms with van der Waals surface area (Å²) in [6.07, 6.45) is 1.71. The summed E-state index contributed by atoms with van der Waals surface area (Å²) >= 11 is 0. The molecule has 0 radical (unpaired) electrons. The van der Waals surface area contributed by atoms with Crippen LogP contribution in [-0.2, 0) is 16.1 Å². The number of nitro benzene ring substituents is 1. The van der Waals surface area contributed by atoms with Gasteiger partial charge in [0.2, 0.25) is 0 Å². The fourth-order valence-corrected chi connectivity index (χ4v) is 1.77. The topological polar surface area (TPSA) is 74.4 Å². The van der Waals surface area contributed by atoms with Gasteiger partial charge >= 0.3 is 5.97 Å². The van der Waals surface area contributed by atoms with Gasteiger partial charge in [0.15, 0.2) is 0 Å². The molecule has 0 aliphatic heterocycles. The standard InChI is InChI=1S/C12H12N2O4/c1-2-18-12(15)8-13-6-5-9-3-4-10(14(16)17)7-11(9)13/h3-7H,2,8H2,1H3. The molecule has 0 aliphatic carbocycles. The van der Waals surface area contributed by atoms with Crippen molar-refractivity contribution in [2.45, 2.75) is 13.5 Å². The zero-order chi connectivity index (χ0) is 13.1. The Kier molecular flexibility index (Phi) is 3.27. The first kappa shape index (κ1) is 12.1. The zero-order valence-corrected chi connectivity index (χ0v) is 9.83. The Morgan fingerprint density at radius 2 is 2.22 bits per heavy atom. The van der Waals surface area contributed by atoms with Crippen LogP contribution in [0.2, 0.25) is 0 Å². The van der Waals surface area contributed by atoms with Crippen LogP contribution in [0.25, 0.3) is 10.9 Å². The quantitative estimate of drug-likeness (QED) is 0.472. The van der Waals surface area contributed by atoms with Gasteiger partial charge in [0.25, 0.3) is 5.69 Å². The van der Waals surface area contributed by atoms with Crippen LogP contribution in [0.4, 0.5) is 5.69 Å². The molecule has 94 valence electrons. The van der Waals surface area contributed by atoms with Gasteiger partial charge < -0.3 is 9.30 Å². The van der Waals surface area contributed by atoms with Crippen molar-refractivity contribution in [1.82, 2.24) is 4.57 Å². The average Bonchev–Trinajstić information content (AvgIpc) is 2.72. The number of carbonyl (C=O) groups excluding carboxylic acids is 1. The Bertz CT molecular complexity index is 603. The molecule has 0 fully saturated rings. The van der Waals surface area contributed by atoms with Crippen LogP contribution in [0, 0.1) is 10.1 Å². The summed E-state index contributed by atoms with van der Waals surface area (Å²) in [6.45, 7) is 2.10. The van der Waals surface area contributed by atoms with Crippen molar-refractivity contribution in [3.8, 4) is 0 Å². The van der Waals surface area contributed by atoms with Gasteiger partial charge in [-0.1, -0.05) is 0 Å². The molecule has 0 aliphatic rings. The third-order valence-corrected chi connectivity index (χ3v) is 2.57. The maximum absolute atomic E-state index is 11.4. The number of hydrogen-bond acceptors (Lipinski definition) is 4. The normalized spacial score (nSPS) is 10.5. The Labute approximate surface area is 103 Å². The minimum Gasteiger partial charge on any atom is -0.465 e. The summed E-state index contributed by atoms with van der Waals surface area (Å²) < 4.78 is 6.49. The minimum absolute atomic E-state index is 0.00584. The SMILES string of the molecule is CCOC(=O)Cn1ccc2ccc([N+](=O)[O-])cc21. The lowest BCUT2D eigenvalue weighted by Crippen LogP contribution is -2.12. The molecule has 0 unspecified atom stereocenters. The summed E-state index contributed by atoms with van der Waals surface area (Å²) in [5.74, 6) is -0.360. The molecule has 18 heavy (non-hydrogen) atoms. The summed E-state index contributed by atoms with van der Waals surface area (Å²) in [5, 5.41) is 11.6. The fraction of sp³-hybridized carbons (Fsp3) is 0.250. The Morgan fingerprint density at radius 3 is 2.89 bits per heavy atom. The number of non-ortho nitro benzene ring substituents is 1. The molecule has 1 aromatic heterocycles. The monoisotopic (exact) mass is 248 g/mol. The number of nitro groups is 1. The van der Waals surface area contributed by atoms with Crippen molar-refractivity contribution in [2.24, 2.45) is 0 Å². The maximum Gasteiger partial charge on any atom is 0.325 e. The van der Waals surface area contributed by atoms with E-state index in [9.17, 15) is 14.9 Å². The molecule has 0 saturated carbocycles. The van der Waals surface area contributed by atoms with Crippen LogP contribution in [-0.4, -0.2) is 22.1 Å². The number of benzene rings is 1. The van der Waals surface area contributed by atoms with E-state index in [1.807, 2.05) is 0 Å². The fourth-order valence-electron chi connectivity index (χ4n) is 1.77. The van der Waals surface area contributed by atoms with Crippen LogP contribution < -0.4 is 0 Å². The molecule has 6 heteroatoms.